The topological polar surface area (TPSA) is 101 Å². The van der Waals surface area contributed by atoms with Crippen LogP contribution < -0.4 is 0 Å². The van der Waals surface area contributed by atoms with Gasteiger partial charge in [0.15, 0.2) is 0 Å². The van der Waals surface area contributed by atoms with Crippen molar-refractivity contribution < 1.29 is 25.5 Å². The Morgan fingerprint density at radius 2 is 1.64 bits per heavy atom. The van der Waals surface area contributed by atoms with Crippen molar-refractivity contribution in [2.24, 2.45) is 23.2 Å². The zero-order valence-electron chi connectivity index (χ0n) is 23.5. The van der Waals surface area contributed by atoms with E-state index in [4.69, 9.17) is 0 Å². The highest BCUT2D eigenvalue weighted by atomic mass is 16.3. The molecule has 3 aliphatic carbocycles. The number of hydrogen-bond acceptors (Lipinski definition) is 5. The van der Waals surface area contributed by atoms with Gasteiger partial charge in [-0.1, -0.05) is 43.1 Å². The molecule has 0 radical (unpaired) electrons. The minimum Gasteiger partial charge on any atom is -0.393 e. The number of fused-ring (bicyclic) bond motifs is 1. The zero-order valence-corrected chi connectivity index (χ0v) is 23.5. The van der Waals surface area contributed by atoms with E-state index in [2.05, 4.69) is 19.1 Å². The quantitative estimate of drug-likeness (QED) is 0.272. The minimum atomic E-state index is -1.09. The summed E-state index contributed by atoms with van der Waals surface area (Å²) < 4.78 is 0. The Labute approximate surface area is 219 Å². The highest BCUT2D eigenvalue weighted by molar-refractivity contribution is 5.26. The molecule has 0 spiro atoms. The lowest BCUT2D eigenvalue weighted by Gasteiger charge is -2.45. The Bertz CT molecular complexity index is 761. The molecule has 0 saturated heterocycles. The highest BCUT2D eigenvalue weighted by Gasteiger charge is 2.51. The summed E-state index contributed by atoms with van der Waals surface area (Å²) in [6, 6.07) is 0. The molecule has 0 aromatic rings. The van der Waals surface area contributed by atoms with Crippen LogP contribution >= 0.6 is 0 Å². The SMILES string of the molecule is CC(C)(O)CCC[C@@H](CC[C@@H](O)C(C)(C)O)[C@H]1CCC2C(=CC=C3CC(O)C[C@H](O)C3)CCC[C@@]21C. The fraction of sp³-hybridized carbons (Fsp3) is 0.871. The molecule has 5 N–H and O–H groups in total. The van der Waals surface area contributed by atoms with Crippen molar-refractivity contribution >= 4 is 0 Å². The Morgan fingerprint density at radius 1 is 0.972 bits per heavy atom. The maximum atomic E-state index is 10.6. The van der Waals surface area contributed by atoms with Crippen LogP contribution in [0.3, 0.4) is 0 Å². The number of aliphatic hydroxyl groups excluding tert-OH is 3. The monoisotopic (exact) mass is 506 g/mol. The predicted octanol–water partition coefficient (Wildman–Crippen LogP) is 5.43. The van der Waals surface area contributed by atoms with Gasteiger partial charge in [-0.2, -0.15) is 0 Å². The van der Waals surface area contributed by atoms with E-state index in [9.17, 15) is 25.5 Å². The van der Waals surface area contributed by atoms with Crippen LogP contribution in [-0.4, -0.2) is 55.0 Å². The summed E-state index contributed by atoms with van der Waals surface area (Å²) in [5, 5.41) is 51.3. The molecule has 36 heavy (non-hydrogen) atoms. The smallest absolute Gasteiger partial charge is 0.0849 e. The van der Waals surface area contributed by atoms with Gasteiger partial charge in [-0.3, -0.25) is 0 Å². The van der Waals surface area contributed by atoms with E-state index < -0.39 is 29.5 Å². The minimum absolute atomic E-state index is 0.229. The number of allylic oxidation sites excluding steroid dienone is 3. The lowest BCUT2D eigenvalue weighted by Crippen LogP contribution is -2.39. The first-order valence-corrected chi connectivity index (χ1v) is 14.6. The summed E-state index contributed by atoms with van der Waals surface area (Å²) in [6.45, 7) is 9.61. The molecule has 3 aliphatic rings. The molecule has 0 bridgehead atoms. The van der Waals surface area contributed by atoms with Crippen molar-refractivity contribution in [3.8, 4) is 0 Å². The molecule has 7 atom stereocenters. The molecule has 0 aromatic carbocycles. The van der Waals surface area contributed by atoms with Crippen LogP contribution in [0.2, 0.25) is 0 Å². The van der Waals surface area contributed by atoms with E-state index in [0.717, 1.165) is 37.7 Å². The van der Waals surface area contributed by atoms with Crippen molar-refractivity contribution in [2.45, 2.75) is 148 Å². The summed E-state index contributed by atoms with van der Waals surface area (Å²) in [5.41, 5.74) is 1.16. The first kappa shape index (κ1) is 29.8. The zero-order chi connectivity index (χ0) is 26.7. The molecule has 3 fully saturated rings. The fourth-order valence-electron chi connectivity index (χ4n) is 7.65. The number of aliphatic hydroxyl groups is 5. The summed E-state index contributed by atoms with van der Waals surface area (Å²) >= 11 is 0. The van der Waals surface area contributed by atoms with Gasteiger partial charge in [0.25, 0.3) is 0 Å². The lowest BCUT2D eigenvalue weighted by molar-refractivity contribution is -0.0563. The van der Waals surface area contributed by atoms with Gasteiger partial charge in [-0.15, -0.1) is 0 Å². The van der Waals surface area contributed by atoms with Crippen LogP contribution in [0, 0.1) is 23.2 Å². The molecule has 0 heterocycles. The van der Waals surface area contributed by atoms with E-state index in [1.54, 1.807) is 13.8 Å². The Balaban J connectivity index is 1.76. The van der Waals surface area contributed by atoms with Crippen LogP contribution in [0.1, 0.15) is 118 Å². The molecule has 0 amide bonds. The second-order valence-corrected chi connectivity index (χ2v) is 13.8. The highest BCUT2D eigenvalue weighted by Crippen LogP contribution is 2.60. The third-order valence-electron chi connectivity index (χ3n) is 9.67. The Hall–Kier alpha value is -0.720. The molecule has 0 aromatic heterocycles. The summed E-state index contributed by atoms with van der Waals surface area (Å²) in [4.78, 5) is 0. The molecule has 3 saturated carbocycles. The maximum absolute atomic E-state index is 10.6. The van der Waals surface area contributed by atoms with Gasteiger partial charge >= 0.3 is 0 Å². The Kier molecular flexibility index (Phi) is 9.93. The largest absolute Gasteiger partial charge is 0.393 e. The van der Waals surface area contributed by atoms with Gasteiger partial charge in [-0.05, 0) is 121 Å². The van der Waals surface area contributed by atoms with Gasteiger partial charge in [0.2, 0.25) is 0 Å². The molecule has 3 rings (SSSR count). The molecule has 5 nitrogen and oxygen atoms in total. The van der Waals surface area contributed by atoms with Crippen LogP contribution in [-0.2, 0) is 0 Å². The van der Waals surface area contributed by atoms with Crippen molar-refractivity contribution in [3.05, 3.63) is 23.3 Å². The number of hydrogen-bond donors (Lipinski definition) is 5. The molecule has 208 valence electrons. The standard InChI is InChI=1S/C31H54O5/c1-29(2,35)16-6-8-23(12-15-28(34)30(3,4)36)27-14-13-26-22(9-7-17-31(26,27)5)11-10-21-18-24(32)20-25(33)19-21/h10-11,23-28,32-36H,6-9,12-20H2,1-5H3/t23-,24+,25?,26?,27+,28+,31-/m0/s1. The predicted molar refractivity (Wildman–Crippen MR) is 145 cm³/mol. The summed E-state index contributed by atoms with van der Waals surface area (Å²) in [7, 11) is 0. The van der Waals surface area contributed by atoms with Crippen molar-refractivity contribution in [1.29, 1.82) is 0 Å². The van der Waals surface area contributed by atoms with Crippen molar-refractivity contribution in [2.75, 3.05) is 0 Å². The van der Waals surface area contributed by atoms with Gasteiger partial charge in [0, 0.05) is 0 Å². The average Bonchev–Trinajstić information content (AvgIpc) is 3.09. The second kappa shape index (κ2) is 12.0. The second-order valence-electron chi connectivity index (χ2n) is 13.8. The third-order valence-corrected chi connectivity index (χ3v) is 9.67. The van der Waals surface area contributed by atoms with E-state index >= 15 is 0 Å². The molecular weight excluding hydrogens is 452 g/mol. The van der Waals surface area contributed by atoms with E-state index in [1.807, 2.05) is 13.8 Å². The van der Waals surface area contributed by atoms with Crippen LogP contribution in [0.15, 0.2) is 23.3 Å². The maximum Gasteiger partial charge on any atom is 0.0849 e. The van der Waals surface area contributed by atoms with Gasteiger partial charge in [0.1, 0.15) is 0 Å². The van der Waals surface area contributed by atoms with E-state index in [-0.39, 0.29) is 5.41 Å². The van der Waals surface area contributed by atoms with Crippen LogP contribution in [0.5, 0.6) is 0 Å². The van der Waals surface area contributed by atoms with E-state index in [1.165, 1.54) is 31.3 Å². The summed E-state index contributed by atoms with van der Waals surface area (Å²) in [5.74, 6) is 1.61. The Morgan fingerprint density at radius 3 is 2.25 bits per heavy atom. The van der Waals surface area contributed by atoms with Gasteiger partial charge < -0.3 is 25.5 Å². The first-order valence-electron chi connectivity index (χ1n) is 14.6. The van der Waals surface area contributed by atoms with Gasteiger partial charge in [-0.25, -0.2) is 0 Å². The number of rotatable bonds is 10. The van der Waals surface area contributed by atoms with Gasteiger partial charge in [0.05, 0.1) is 29.5 Å². The molecular formula is C31H54O5. The van der Waals surface area contributed by atoms with Crippen LogP contribution in [0.25, 0.3) is 0 Å². The van der Waals surface area contributed by atoms with E-state index in [0.29, 0.717) is 43.4 Å². The molecule has 0 aliphatic heterocycles. The lowest BCUT2D eigenvalue weighted by atomic mass is 9.60. The van der Waals surface area contributed by atoms with Crippen molar-refractivity contribution in [1.82, 2.24) is 0 Å². The third kappa shape index (κ3) is 7.89. The average molecular weight is 507 g/mol. The molecule has 2 unspecified atom stereocenters. The normalized spacial score (nSPS) is 35.7. The molecule has 5 heteroatoms. The fourth-order valence-corrected chi connectivity index (χ4v) is 7.65. The van der Waals surface area contributed by atoms with Crippen LogP contribution in [0.4, 0.5) is 0 Å². The summed E-state index contributed by atoms with van der Waals surface area (Å²) in [6.07, 6.45) is 14.9. The first-order chi connectivity index (χ1) is 16.7. The van der Waals surface area contributed by atoms with Crippen molar-refractivity contribution in [3.63, 3.8) is 0 Å².